The number of anilines is 1. The SMILES string of the molecule is CCc1ccc(-c2csc(NC(=O)c3ccc(OCC(=O)N4CCOCC4)cc3)n2)cc1. The number of hydrogen-bond acceptors (Lipinski definition) is 6. The Bertz CT molecular complexity index is 1060. The molecule has 0 aliphatic carbocycles. The predicted molar refractivity (Wildman–Crippen MR) is 124 cm³/mol. The van der Waals surface area contributed by atoms with Crippen LogP contribution in [0.5, 0.6) is 5.75 Å². The molecule has 166 valence electrons. The number of carbonyl (C=O) groups excluding carboxylic acids is 2. The van der Waals surface area contributed by atoms with Crippen LogP contribution in [-0.2, 0) is 16.0 Å². The fourth-order valence-electron chi connectivity index (χ4n) is 3.30. The monoisotopic (exact) mass is 451 g/mol. The Morgan fingerprint density at radius 2 is 1.81 bits per heavy atom. The lowest BCUT2D eigenvalue weighted by atomic mass is 10.1. The second-order valence-electron chi connectivity index (χ2n) is 7.35. The summed E-state index contributed by atoms with van der Waals surface area (Å²) < 4.78 is 10.8. The summed E-state index contributed by atoms with van der Waals surface area (Å²) >= 11 is 1.39. The predicted octanol–water partition coefficient (Wildman–Crippen LogP) is 3.86. The van der Waals surface area contributed by atoms with Crippen molar-refractivity contribution >= 4 is 28.3 Å². The summed E-state index contributed by atoms with van der Waals surface area (Å²) in [5.74, 6) is 0.220. The van der Waals surface area contributed by atoms with Gasteiger partial charge in [-0.15, -0.1) is 11.3 Å². The summed E-state index contributed by atoms with van der Waals surface area (Å²) in [6.45, 7) is 4.37. The molecule has 2 amide bonds. The third kappa shape index (κ3) is 5.52. The molecular formula is C24H25N3O4S. The van der Waals surface area contributed by atoms with E-state index >= 15 is 0 Å². The Morgan fingerprint density at radius 1 is 1.09 bits per heavy atom. The Labute approximate surface area is 191 Å². The summed E-state index contributed by atoms with van der Waals surface area (Å²) in [5.41, 5.74) is 3.62. The minimum Gasteiger partial charge on any atom is -0.484 e. The van der Waals surface area contributed by atoms with Crippen LogP contribution in [0.2, 0.25) is 0 Å². The zero-order chi connectivity index (χ0) is 22.3. The first-order valence-electron chi connectivity index (χ1n) is 10.6. The minimum atomic E-state index is -0.247. The molecule has 0 spiro atoms. The molecule has 7 nitrogen and oxygen atoms in total. The van der Waals surface area contributed by atoms with Crippen molar-refractivity contribution in [1.29, 1.82) is 0 Å². The maximum Gasteiger partial charge on any atom is 0.260 e. The maximum absolute atomic E-state index is 12.6. The van der Waals surface area contributed by atoms with Crippen LogP contribution in [0.4, 0.5) is 5.13 Å². The van der Waals surface area contributed by atoms with Crippen LogP contribution in [-0.4, -0.2) is 54.6 Å². The van der Waals surface area contributed by atoms with E-state index in [9.17, 15) is 9.59 Å². The number of benzene rings is 2. The highest BCUT2D eigenvalue weighted by Crippen LogP contribution is 2.26. The smallest absolute Gasteiger partial charge is 0.260 e. The number of carbonyl (C=O) groups is 2. The van der Waals surface area contributed by atoms with Gasteiger partial charge in [0, 0.05) is 29.6 Å². The lowest BCUT2D eigenvalue weighted by Gasteiger charge is -2.26. The average molecular weight is 452 g/mol. The molecule has 1 N–H and O–H groups in total. The topological polar surface area (TPSA) is 80.8 Å². The number of rotatable bonds is 7. The molecular weight excluding hydrogens is 426 g/mol. The Balaban J connectivity index is 1.31. The molecule has 1 aromatic heterocycles. The average Bonchev–Trinajstić information content (AvgIpc) is 3.32. The third-order valence-electron chi connectivity index (χ3n) is 5.23. The van der Waals surface area contributed by atoms with Crippen LogP contribution < -0.4 is 10.1 Å². The van der Waals surface area contributed by atoms with Crippen molar-refractivity contribution in [3.63, 3.8) is 0 Å². The lowest BCUT2D eigenvalue weighted by Crippen LogP contribution is -2.42. The highest BCUT2D eigenvalue weighted by Gasteiger charge is 2.17. The normalized spacial score (nSPS) is 13.6. The first-order chi connectivity index (χ1) is 15.6. The van der Waals surface area contributed by atoms with E-state index in [2.05, 4.69) is 29.4 Å². The van der Waals surface area contributed by atoms with Crippen molar-refractivity contribution in [2.45, 2.75) is 13.3 Å². The van der Waals surface area contributed by atoms with Gasteiger partial charge in [-0.25, -0.2) is 4.98 Å². The number of morpholine rings is 1. The standard InChI is InChI=1S/C24H25N3O4S/c1-2-17-3-5-18(6-4-17)21-16-32-24(25-21)26-23(29)19-7-9-20(10-8-19)31-15-22(28)27-11-13-30-14-12-27/h3-10,16H,2,11-15H2,1H3,(H,25,26,29). The molecule has 0 bridgehead atoms. The lowest BCUT2D eigenvalue weighted by molar-refractivity contribution is -0.137. The van der Waals surface area contributed by atoms with Crippen LogP contribution in [0.15, 0.2) is 53.9 Å². The molecule has 1 aliphatic heterocycles. The zero-order valence-corrected chi connectivity index (χ0v) is 18.7. The van der Waals surface area contributed by atoms with Crippen molar-refractivity contribution in [1.82, 2.24) is 9.88 Å². The largest absolute Gasteiger partial charge is 0.484 e. The first-order valence-corrected chi connectivity index (χ1v) is 11.4. The Hall–Kier alpha value is -3.23. The van der Waals surface area contributed by atoms with E-state index in [1.807, 2.05) is 17.5 Å². The molecule has 0 unspecified atom stereocenters. The highest BCUT2D eigenvalue weighted by atomic mass is 32.1. The van der Waals surface area contributed by atoms with Crippen molar-refractivity contribution in [3.05, 3.63) is 65.0 Å². The van der Waals surface area contributed by atoms with Crippen LogP contribution in [0.1, 0.15) is 22.8 Å². The number of thiazole rings is 1. The molecule has 3 aromatic rings. The van der Waals surface area contributed by atoms with E-state index in [0.717, 1.165) is 17.7 Å². The van der Waals surface area contributed by atoms with Gasteiger partial charge in [-0.2, -0.15) is 0 Å². The molecule has 0 saturated carbocycles. The van der Waals surface area contributed by atoms with Gasteiger partial charge < -0.3 is 14.4 Å². The number of ether oxygens (including phenoxy) is 2. The van der Waals surface area contributed by atoms with Gasteiger partial charge in [0.05, 0.1) is 18.9 Å². The van der Waals surface area contributed by atoms with Crippen molar-refractivity contribution in [3.8, 4) is 17.0 Å². The summed E-state index contributed by atoms with van der Waals surface area (Å²) in [6, 6.07) is 15.0. The van der Waals surface area contributed by atoms with Crippen LogP contribution in [0, 0.1) is 0 Å². The van der Waals surface area contributed by atoms with Crippen LogP contribution in [0.3, 0.4) is 0 Å². The highest BCUT2D eigenvalue weighted by molar-refractivity contribution is 7.14. The van der Waals surface area contributed by atoms with Gasteiger partial charge in [-0.1, -0.05) is 31.2 Å². The number of hydrogen-bond donors (Lipinski definition) is 1. The molecule has 32 heavy (non-hydrogen) atoms. The molecule has 2 heterocycles. The molecule has 0 atom stereocenters. The number of amides is 2. The number of nitrogens with zero attached hydrogens (tertiary/aromatic N) is 2. The quantitative estimate of drug-likeness (QED) is 0.590. The number of aryl methyl sites for hydroxylation is 1. The third-order valence-corrected chi connectivity index (χ3v) is 5.98. The van der Waals surface area contributed by atoms with Crippen molar-refractivity contribution in [2.75, 3.05) is 38.2 Å². The van der Waals surface area contributed by atoms with E-state index in [4.69, 9.17) is 9.47 Å². The summed E-state index contributed by atoms with van der Waals surface area (Å²) in [5, 5.41) is 5.31. The number of aromatic nitrogens is 1. The van der Waals surface area contributed by atoms with E-state index in [-0.39, 0.29) is 18.4 Å². The minimum absolute atomic E-state index is 0.0350. The molecule has 8 heteroatoms. The maximum atomic E-state index is 12.6. The van der Waals surface area contributed by atoms with Crippen molar-refractivity contribution < 1.29 is 19.1 Å². The molecule has 1 fully saturated rings. The number of nitrogens with one attached hydrogen (secondary N) is 1. The van der Waals surface area contributed by atoms with Gasteiger partial charge in [-0.05, 0) is 36.2 Å². The van der Waals surface area contributed by atoms with E-state index < -0.39 is 0 Å². The second kappa shape index (κ2) is 10.4. The van der Waals surface area contributed by atoms with Crippen LogP contribution >= 0.6 is 11.3 Å². The molecule has 2 aromatic carbocycles. The summed E-state index contributed by atoms with van der Waals surface area (Å²) in [6.07, 6.45) is 0.993. The van der Waals surface area contributed by atoms with Gasteiger partial charge in [0.15, 0.2) is 11.7 Å². The summed E-state index contributed by atoms with van der Waals surface area (Å²) in [4.78, 5) is 31.0. The fraction of sp³-hybridized carbons (Fsp3) is 0.292. The van der Waals surface area contributed by atoms with Gasteiger partial charge in [0.25, 0.3) is 11.8 Å². The van der Waals surface area contributed by atoms with Gasteiger partial charge in [-0.3, -0.25) is 14.9 Å². The summed E-state index contributed by atoms with van der Waals surface area (Å²) in [7, 11) is 0. The van der Waals surface area contributed by atoms with E-state index in [1.165, 1.54) is 16.9 Å². The molecule has 1 saturated heterocycles. The van der Waals surface area contributed by atoms with E-state index in [0.29, 0.717) is 42.7 Å². The van der Waals surface area contributed by atoms with Crippen molar-refractivity contribution in [2.24, 2.45) is 0 Å². The Kier molecular flexibility index (Phi) is 7.14. The fourth-order valence-corrected chi connectivity index (χ4v) is 4.01. The first kappa shape index (κ1) is 22.0. The molecule has 1 aliphatic rings. The van der Waals surface area contributed by atoms with E-state index in [1.54, 1.807) is 29.2 Å². The molecule has 4 rings (SSSR count). The van der Waals surface area contributed by atoms with Gasteiger partial charge in [0.2, 0.25) is 0 Å². The molecule has 0 radical (unpaired) electrons. The van der Waals surface area contributed by atoms with Gasteiger partial charge >= 0.3 is 0 Å². The Morgan fingerprint density at radius 3 is 2.50 bits per heavy atom. The second-order valence-corrected chi connectivity index (χ2v) is 8.21. The van der Waals surface area contributed by atoms with Crippen LogP contribution in [0.25, 0.3) is 11.3 Å². The zero-order valence-electron chi connectivity index (χ0n) is 17.9. The van der Waals surface area contributed by atoms with Gasteiger partial charge in [0.1, 0.15) is 5.75 Å².